The summed E-state index contributed by atoms with van der Waals surface area (Å²) in [5.74, 6) is 0.811. The van der Waals surface area contributed by atoms with Gasteiger partial charge in [0.1, 0.15) is 5.75 Å². The van der Waals surface area contributed by atoms with Crippen LogP contribution in [0.5, 0.6) is 5.75 Å². The Hall–Kier alpha value is -0.580. The second kappa shape index (κ2) is 4.35. The minimum atomic E-state index is -0.631. The van der Waals surface area contributed by atoms with E-state index in [0.717, 1.165) is 15.8 Å². The molecule has 4 heteroatoms. The maximum atomic E-state index is 10.2. The van der Waals surface area contributed by atoms with Crippen molar-refractivity contribution in [3.05, 3.63) is 28.2 Å². The number of hydrogen-bond donors (Lipinski definition) is 2. The van der Waals surface area contributed by atoms with Crippen molar-refractivity contribution in [1.29, 1.82) is 0 Å². The number of halogens is 1. The average Bonchev–Trinajstić information content (AvgIpc) is 2.19. The van der Waals surface area contributed by atoms with E-state index < -0.39 is 5.60 Å². The van der Waals surface area contributed by atoms with E-state index in [1.165, 1.54) is 0 Å². The second-order valence-electron chi connectivity index (χ2n) is 4.53. The molecule has 0 radical (unpaired) electrons. The lowest BCUT2D eigenvalue weighted by Gasteiger charge is -2.42. The van der Waals surface area contributed by atoms with Crippen LogP contribution in [0.25, 0.3) is 0 Å². The summed E-state index contributed by atoms with van der Waals surface area (Å²) >= 11 is 3.48. The van der Waals surface area contributed by atoms with Crippen LogP contribution < -0.4 is 10.5 Å². The Morgan fingerprint density at radius 2 is 2.25 bits per heavy atom. The number of methoxy groups -OCH3 is 1. The average molecular weight is 286 g/mol. The summed E-state index contributed by atoms with van der Waals surface area (Å²) in [5, 5.41) is 10.2. The molecular weight excluding hydrogens is 270 g/mol. The molecule has 1 saturated carbocycles. The number of rotatable bonds is 3. The number of hydrogen-bond acceptors (Lipinski definition) is 3. The first-order valence-corrected chi connectivity index (χ1v) is 6.12. The van der Waals surface area contributed by atoms with Crippen molar-refractivity contribution in [2.75, 3.05) is 7.11 Å². The van der Waals surface area contributed by atoms with Crippen molar-refractivity contribution in [2.45, 2.75) is 30.9 Å². The van der Waals surface area contributed by atoms with Gasteiger partial charge in [0.15, 0.2) is 0 Å². The topological polar surface area (TPSA) is 55.5 Å². The van der Waals surface area contributed by atoms with Crippen LogP contribution in [0.4, 0.5) is 0 Å². The van der Waals surface area contributed by atoms with E-state index in [0.29, 0.717) is 19.3 Å². The highest BCUT2D eigenvalue weighted by Crippen LogP contribution is 2.36. The smallest absolute Gasteiger partial charge is 0.119 e. The molecule has 1 aliphatic rings. The van der Waals surface area contributed by atoms with Crippen molar-refractivity contribution in [3.63, 3.8) is 0 Å². The van der Waals surface area contributed by atoms with Gasteiger partial charge in [-0.1, -0.05) is 15.9 Å². The lowest BCUT2D eigenvalue weighted by molar-refractivity contribution is -0.0456. The first kappa shape index (κ1) is 11.9. The van der Waals surface area contributed by atoms with E-state index >= 15 is 0 Å². The highest BCUT2D eigenvalue weighted by molar-refractivity contribution is 9.10. The van der Waals surface area contributed by atoms with Gasteiger partial charge in [-0.15, -0.1) is 0 Å². The van der Waals surface area contributed by atoms with Gasteiger partial charge in [0.2, 0.25) is 0 Å². The molecular formula is C12H16BrNO2. The van der Waals surface area contributed by atoms with Crippen LogP contribution in [0.2, 0.25) is 0 Å². The standard InChI is InChI=1S/C12H16BrNO2/c1-16-10-2-3-11(13)8(4-10)5-12(15)6-9(14)7-12/h2-4,9,15H,5-7,14H2,1H3. The van der Waals surface area contributed by atoms with Gasteiger partial charge in [0.25, 0.3) is 0 Å². The summed E-state index contributed by atoms with van der Waals surface area (Å²) < 4.78 is 6.17. The number of benzene rings is 1. The van der Waals surface area contributed by atoms with E-state index in [4.69, 9.17) is 10.5 Å². The van der Waals surface area contributed by atoms with Gasteiger partial charge in [0, 0.05) is 16.9 Å². The SMILES string of the molecule is COc1ccc(Br)c(CC2(O)CC(N)C2)c1. The van der Waals surface area contributed by atoms with Gasteiger partial charge in [-0.3, -0.25) is 0 Å². The first-order chi connectivity index (χ1) is 7.52. The monoisotopic (exact) mass is 285 g/mol. The molecule has 0 aliphatic heterocycles. The number of ether oxygens (including phenoxy) is 1. The zero-order valence-corrected chi connectivity index (χ0v) is 10.8. The van der Waals surface area contributed by atoms with Crippen LogP contribution >= 0.6 is 15.9 Å². The fourth-order valence-electron chi connectivity index (χ4n) is 2.23. The molecule has 16 heavy (non-hydrogen) atoms. The first-order valence-electron chi connectivity index (χ1n) is 5.33. The minimum absolute atomic E-state index is 0.148. The normalized spacial score (nSPS) is 28.6. The second-order valence-corrected chi connectivity index (χ2v) is 5.38. The van der Waals surface area contributed by atoms with Gasteiger partial charge in [-0.25, -0.2) is 0 Å². The van der Waals surface area contributed by atoms with E-state index in [1.54, 1.807) is 7.11 Å². The van der Waals surface area contributed by atoms with Gasteiger partial charge < -0.3 is 15.6 Å². The van der Waals surface area contributed by atoms with Gasteiger partial charge >= 0.3 is 0 Å². The Bertz CT molecular complexity index is 389. The lowest BCUT2D eigenvalue weighted by atomic mass is 9.73. The highest BCUT2D eigenvalue weighted by atomic mass is 79.9. The lowest BCUT2D eigenvalue weighted by Crippen LogP contribution is -2.52. The molecule has 0 bridgehead atoms. The number of nitrogens with two attached hydrogens (primary N) is 1. The van der Waals surface area contributed by atoms with Crippen molar-refractivity contribution >= 4 is 15.9 Å². The molecule has 1 fully saturated rings. The fraction of sp³-hybridized carbons (Fsp3) is 0.500. The largest absolute Gasteiger partial charge is 0.497 e. The molecule has 1 aliphatic carbocycles. The van der Waals surface area contributed by atoms with Crippen molar-refractivity contribution in [3.8, 4) is 5.75 Å². The van der Waals surface area contributed by atoms with Crippen molar-refractivity contribution < 1.29 is 9.84 Å². The summed E-state index contributed by atoms with van der Waals surface area (Å²) in [6, 6.07) is 5.93. The van der Waals surface area contributed by atoms with Gasteiger partial charge in [0.05, 0.1) is 12.7 Å². The predicted octanol–water partition coefficient (Wildman–Crippen LogP) is 1.85. The minimum Gasteiger partial charge on any atom is -0.497 e. The fourth-order valence-corrected chi connectivity index (χ4v) is 2.62. The Labute approximate surface area is 104 Å². The van der Waals surface area contributed by atoms with Crippen molar-refractivity contribution in [1.82, 2.24) is 0 Å². The molecule has 0 amide bonds. The summed E-state index contributed by atoms with van der Waals surface area (Å²) in [7, 11) is 1.64. The van der Waals surface area contributed by atoms with E-state index in [2.05, 4.69) is 15.9 Å². The maximum Gasteiger partial charge on any atom is 0.119 e. The van der Waals surface area contributed by atoms with E-state index in [-0.39, 0.29) is 6.04 Å². The molecule has 88 valence electrons. The van der Waals surface area contributed by atoms with Crippen LogP contribution in [-0.2, 0) is 6.42 Å². The Balaban J connectivity index is 2.14. The van der Waals surface area contributed by atoms with Gasteiger partial charge in [-0.2, -0.15) is 0 Å². The molecule has 0 atom stereocenters. The molecule has 0 saturated heterocycles. The molecule has 3 N–H and O–H groups in total. The third-order valence-corrected chi connectivity index (χ3v) is 3.83. The molecule has 1 aromatic carbocycles. The Morgan fingerprint density at radius 1 is 1.56 bits per heavy atom. The van der Waals surface area contributed by atoms with Crippen molar-refractivity contribution in [2.24, 2.45) is 5.73 Å². The zero-order valence-electron chi connectivity index (χ0n) is 9.24. The molecule has 0 aromatic heterocycles. The summed E-state index contributed by atoms with van der Waals surface area (Å²) in [6.07, 6.45) is 1.98. The van der Waals surface area contributed by atoms with Crippen LogP contribution in [0.15, 0.2) is 22.7 Å². The summed E-state index contributed by atoms with van der Waals surface area (Å²) in [6.45, 7) is 0. The molecule has 2 rings (SSSR count). The third-order valence-electron chi connectivity index (χ3n) is 3.06. The quantitative estimate of drug-likeness (QED) is 0.891. The molecule has 1 aromatic rings. The Morgan fingerprint density at radius 3 is 2.81 bits per heavy atom. The van der Waals surface area contributed by atoms with Crippen LogP contribution in [0, 0.1) is 0 Å². The third kappa shape index (κ3) is 2.39. The molecule has 0 heterocycles. The maximum absolute atomic E-state index is 10.2. The van der Waals surface area contributed by atoms with Crippen LogP contribution in [0.3, 0.4) is 0 Å². The van der Waals surface area contributed by atoms with E-state index in [9.17, 15) is 5.11 Å². The highest BCUT2D eigenvalue weighted by Gasteiger charge is 2.40. The summed E-state index contributed by atoms with van der Waals surface area (Å²) in [4.78, 5) is 0. The number of aliphatic hydroxyl groups is 1. The van der Waals surface area contributed by atoms with Crippen LogP contribution in [0.1, 0.15) is 18.4 Å². The molecule has 0 unspecified atom stereocenters. The Kier molecular flexibility index (Phi) is 3.24. The summed E-state index contributed by atoms with van der Waals surface area (Å²) in [5.41, 5.74) is 6.14. The van der Waals surface area contributed by atoms with Crippen LogP contribution in [-0.4, -0.2) is 23.9 Å². The predicted molar refractivity (Wildman–Crippen MR) is 66.6 cm³/mol. The van der Waals surface area contributed by atoms with Gasteiger partial charge in [-0.05, 0) is 36.6 Å². The molecule has 3 nitrogen and oxygen atoms in total. The zero-order chi connectivity index (χ0) is 11.8. The van der Waals surface area contributed by atoms with E-state index in [1.807, 2.05) is 18.2 Å². The molecule has 0 spiro atoms.